The molecule has 94 valence electrons. The Morgan fingerprint density at radius 1 is 1.16 bits per heavy atom. The van der Waals surface area contributed by atoms with E-state index in [0.29, 0.717) is 17.9 Å². The Kier molecular flexibility index (Phi) is 2.72. The highest BCUT2D eigenvalue weighted by atomic mass is 16.1. The summed E-state index contributed by atoms with van der Waals surface area (Å²) in [7, 11) is 0. The molecule has 1 aromatic rings. The largest absolute Gasteiger partial charge is 0.362 e. The second kappa shape index (κ2) is 4.53. The molecular formula is C14H11N3O2. The van der Waals surface area contributed by atoms with E-state index in [1.165, 1.54) is 12.3 Å². The van der Waals surface area contributed by atoms with Crippen LogP contribution in [0.15, 0.2) is 58.4 Å². The molecule has 0 saturated carbocycles. The predicted octanol–water partition coefficient (Wildman–Crippen LogP) is 1.02. The lowest BCUT2D eigenvalue weighted by molar-refractivity contribution is -0.115. The van der Waals surface area contributed by atoms with E-state index in [9.17, 15) is 9.59 Å². The van der Waals surface area contributed by atoms with Gasteiger partial charge in [-0.3, -0.25) is 14.6 Å². The van der Waals surface area contributed by atoms with E-state index in [1.807, 2.05) is 30.3 Å². The fraction of sp³-hybridized carbons (Fsp3) is 0.0714. The van der Waals surface area contributed by atoms with Crippen LogP contribution in [0.5, 0.6) is 0 Å². The highest BCUT2D eigenvalue weighted by Crippen LogP contribution is 2.20. The number of hydrogen-bond acceptors (Lipinski definition) is 5. The first-order chi connectivity index (χ1) is 9.25. The minimum absolute atomic E-state index is 0.209. The Morgan fingerprint density at radius 2 is 1.95 bits per heavy atom. The minimum atomic E-state index is -0.227. The van der Waals surface area contributed by atoms with Crippen molar-refractivity contribution in [3.63, 3.8) is 0 Å². The highest BCUT2D eigenvalue weighted by Gasteiger charge is 2.28. The fourth-order valence-corrected chi connectivity index (χ4v) is 2.00. The molecule has 5 nitrogen and oxygen atoms in total. The second-order valence-corrected chi connectivity index (χ2v) is 4.18. The number of carbonyl (C=O) groups is 2. The normalized spacial score (nSPS) is 17.8. The predicted molar refractivity (Wildman–Crippen MR) is 71.7 cm³/mol. The van der Waals surface area contributed by atoms with Crippen LogP contribution < -0.4 is 10.6 Å². The summed E-state index contributed by atoms with van der Waals surface area (Å²) in [6, 6.07) is 9.25. The number of ketones is 2. The molecule has 5 heteroatoms. The van der Waals surface area contributed by atoms with Crippen molar-refractivity contribution in [3.8, 4) is 0 Å². The maximum atomic E-state index is 12.2. The maximum absolute atomic E-state index is 12.2. The van der Waals surface area contributed by atoms with E-state index in [2.05, 4.69) is 15.6 Å². The zero-order valence-corrected chi connectivity index (χ0v) is 10.0. The van der Waals surface area contributed by atoms with Crippen molar-refractivity contribution < 1.29 is 9.59 Å². The summed E-state index contributed by atoms with van der Waals surface area (Å²) in [5.41, 5.74) is 1.68. The molecule has 1 aliphatic carbocycles. The van der Waals surface area contributed by atoms with E-state index in [-0.39, 0.29) is 17.3 Å². The number of para-hydroxylation sites is 1. The van der Waals surface area contributed by atoms with Gasteiger partial charge in [0, 0.05) is 18.0 Å². The molecule has 0 atom stereocenters. The minimum Gasteiger partial charge on any atom is -0.362 e. The Balaban J connectivity index is 1.91. The Bertz CT molecular complexity index is 642. The van der Waals surface area contributed by atoms with Crippen LogP contribution in [0, 0.1) is 0 Å². The number of nitrogens with one attached hydrogen (secondary N) is 2. The quantitative estimate of drug-likeness (QED) is 0.772. The molecule has 1 heterocycles. The molecule has 0 bridgehead atoms. The Hall–Kier alpha value is -2.69. The standard InChI is InChI=1S/C14H11N3O2/c18-12-6-11(17-9-4-2-1-3-5-9)14(19)10-7-15-8-16-13(10)12/h1-7,16-17H,8H2. The van der Waals surface area contributed by atoms with Gasteiger partial charge in [0.05, 0.1) is 17.0 Å². The van der Waals surface area contributed by atoms with Crippen molar-refractivity contribution >= 4 is 23.5 Å². The van der Waals surface area contributed by atoms with Gasteiger partial charge in [0.15, 0.2) is 0 Å². The summed E-state index contributed by atoms with van der Waals surface area (Å²) in [4.78, 5) is 28.1. The molecule has 2 aliphatic rings. The van der Waals surface area contributed by atoms with Crippen molar-refractivity contribution in [2.75, 3.05) is 12.0 Å². The molecule has 0 aromatic heterocycles. The number of allylic oxidation sites excluding steroid dienone is 2. The lowest BCUT2D eigenvalue weighted by Crippen LogP contribution is -2.33. The number of anilines is 1. The average Bonchev–Trinajstić information content (AvgIpc) is 2.46. The number of rotatable bonds is 2. The first kappa shape index (κ1) is 11.4. The van der Waals surface area contributed by atoms with Gasteiger partial charge in [-0.15, -0.1) is 0 Å². The summed E-state index contributed by atoms with van der Waals surface area (Å²) in [6.07, 6.45) is 2.77. The summed E-state index contributed by atoms with van der Waals surface area (Å²) in [6.45, 7) is 0.327. The van der Waals surface area contributed by atoms with Crippen LogP contribution >= 0.6 is 0 Å². The molecule has 3 rings (SSSR count). The molecule has 19 heavy (non-hydrogen) atoms. The zero-order chi connectivity index (χ0) is 13.2. The molecule has 0 spiro atoms. The fourth-order valence-electron chi connectivity index (χ4n) is 2.00. The van der Waals surface area contributed by atoms with Crippen molar-refractivity contribution in [1.29, 1.82) is 0 Å². The van der Waals surface area contributed by atoms with Crippen molar-refractivity contribution in [2.45, 2.75) is 0 Å². The second-order valence-electron chi connectivity index (χ2n) is 4.18. The summed E-state index contributed by atoms with van der Waals surface area (Å²) in [5, 5.41) is 5.79. The first-order valence-corrected chi connectivity index (χ1v) is 5.86. The van der Waals surface area contributed by atoms with Crippen LogP contribution in [-0.2, 0) is 9.59 Å². The molecule has 0 saturated heterocycles. The number of aliphatic imine (C=N–C) groups is 1. The van der Waals surface area contributed by atoms with Gasteiger partial charge >= 0.3 is 0 Å². The van der Waals surface area contributed by atoms with Gasteiger partial charge in [-0.2, -0.15) is 0 Å². The third kappa shape index (κ3) is 2.06. The molecule has 1 aromatic carbocycles. The first-order valence-electron chi connectivity index (χ1n) is 5.86. The van der Waals surface area contributed by atoms with E-state index < -0.39 is 0 Å². The number of hydrogen-bond donors (Lipinski definition) is 2. The molecule has 2 N–H and O–H groups in total. The van der Waals surface area contributed by atoms with E-state index in [0.717, 1.165) is 5.69 Å². The SMILES string of the molecule is O=C1C=C(Nc2ccccc2)C(=O)C2=C1NCN=C2. The summed E-state index contributed by atoms with van der Waals surface area (Å²) < 4.78 is 0. The summed E-state index contributed by atoms with van der Waals surface area (Å²) >= 11 is 0. The maximum Gasteiger partial charge on any atom is 0.213 e. The molecule has 0 amide bonds. The van der Waals surface area contributed by atoms with Gasteiger partial charge in [-0.1, -0.05) is 18.2 Å². The summed E-state index contributed by atoms with van der Waals surface area (Å²) in [5.74, 6) is -0.436. The van der Waals surface area contributed by atoms with Crippen LogP contribution in [0.4, 0.5) is 5.69 Å². The smallest absolute Gasteiger partial charge is 0.213 e. The van der Waals surface area contributed by atoms with Crippen molar-refractivity contribution in [1.82, 2.24) is 5.32 Å². The van der Waals surface area contributed by atoms with Crippen molar-refractivity contribution in [3.05, 3.63) is 53.4 Å². The lowest BCUT2D eigenvalue weighted by Gasteiger charge is -2.20. The molecule has 0 radical (unpaired) electrons. The monoisotopic (exact) mass is 253 g/mol. The van der Waals surface area contributed by atoms with Gasteiger partial charge in [-0.25, -0.2) is 0 Å². The van der Waals surface area contributed by atoms with Gasteiger partial charge in [0.1, 0.15) is 6.67 Å². The topological polar surface area (TPSA) is 70.6 Å². The van der Waals surface area contributed by atoms with E-state index in [4.69, 9.17) is 0 Å². The highest BCUT2D eigenvalue weighted by molar-refractivity contribution is 6.31. The van der Waals surface area contributed by atoms with Crippen molar-refractivity contribution in [2.24, 2.45) is 4.99 Å². The van der Waals surface area contributed by atoms with Crippen LogP contribution in [0.3, 0.4) is 0 Å². The molecule has 1 aliphatic heterocycles. The number of benzene rings is 1. The van der Waals surface area contributed by atoms with Crippen LogP contribution in [0.1, 0.15) is 0 Å². The molecule has 0 unspecified atom stereocenters. The number of nitrogens with zero attached hydrogens (tertiary/aromatic N) is 1. The zero-order valence-electron chi connectivity index (χ0n) is 10.0. The lowest BCUT2D eigenvalue weighted by atomic mass is 9.97. The third-order valence-electron chi connectivity index (χ3n) is 2.90. The van der Waals surface area contributed by atoms with Gasteiger partial charge in [-0.05, 0) is 12.1 Å². The third-order valence-corrected chi connectivity index (χ3v) is 2.90. The molecular weight excluding hydrogens is 242 g/mol. The number of carbonyl (C=O) groups excluding carboxylic acids is 2. The van der Waals surface area contributed by atoms with Gasteiger partial charge in [0.2, 0.25) is 11.6 Å². The van der Waals surface area contributed by atoms with Crippen LogP contribution in [0.2, 0.25) is 0 Å². The van der Waals surface area contributed by atoms with E-state index in [1.54, 1.807) is 0 Å². The Morgan fingerprint density at radius 3 is 2.74 bits per heavy atom. The van der Waals surface area contributed by atoms with Crippen LogP contribution in [0.25, 0.3) is 0 Å². The van der Waals surface area contributed by atoms with Crippen LogP contribution in [-0.4, -0.2) is 24.4 Å². The Labute approximate surface area is 109 Å². The van der Waals surface area contributed by atoms with E-state index >= 15 is 0 Å². The van der Waals surface area contributed by atoms with Gasteiger partial charge < -0.3 is 10.6 Å². The molecule has 0 fully saturated rings. The average molecular weight is 253 g/mol. The number of Topliss-reactive ketones (excluding diaryl/α,β-unsaturated/α-hetero) is 1. The van der Waals surface area contributed by atoms with Gasteiger partial charge in [0.25, 0.3) is 0 Å².